The molecular formula is C12H13N3O2S. The second-order valence-electron chi connectivity index (χ2n) is 3.99. The van der Waals surface area contributed by atoms with Gasteiger partial charge in [0.2, 0.25) is 0 Å². The summed E-state index contributed by atoms with van der Waals surface area (Å²) >= 11 is 1.66. The van der Waals surface area contributed by atoms with Crippen LogP contribution in [-0.2, 0) is 0 Å². The van der Waals surface area contributed by atoms with Crippen molar-refractivity contribution >= 4 is 22.8 Å². The van der Waals surface area contributed by atoms with Gasteiger partial charge in [-0.05, 0) is 31.4 Å². The van der Waals surface area contributed by atoms with Gasteiger partial charge in [-0.1, -0.05) is 6.07 Å². The highest BCUT2D eigenvalue weighted by Crippen LogP contribution is 2.24. The summed E-state index contributed by atoms with van der Waals surface area (Å²) in [6.45, 7) is 3.74. The predicted molar refractivity (Wildman–Crippen MR) is 72.0 cm³/mol. The van der Waals surface area contributed by atoms with Crippen molar-refractivity contribution in [3.63, 3.8) is 0 Å². The first kappa shape index (κ1) is 12.5. The van der Waals surface area contributed by atoms with Crippen LogP contribution in [0.5, 0.6) is 0 Å². The highest BCUT2D eigenvalue weighted by atomic mass is 32.1. The van der Waals surface area contributed by atoms with Crippen molar-refractivity contribution in [3.8, 4) is 0 Å². The summed E-state index contributed by atoms with van der Waals surface area (Å²) in [7, 11) is 0. The van der Waals surface area contributed by atoms with E-state index in [2.05, 4.69) is 10.3 Å². The molecule has 0 aliphatic rings. The van der Waals surface area contributed by atoms with Crippen molar-refractivity contribution in [3.05, 3.63) is 50.3 Å². The van der Waals surface area contributed by atoms with Crippen LogP contribution in [0.3, 0.4) is 0 Å². The molecule has 2 aromatic heterocycles. The normalized spacial score (nSPS) is 12.1. The smallest absolute Gasteiger partial charge is 0.290 e. The zero-order valence-corrected chi connectivity index (χ0v) is 10.9. The molecule has 0 amide bonds. The summed E-state index contributed by atoms with van der Waals surface area (Å²) in [5.41, 5.74) is 0.653. The summed E-state index contributed by atoms with van der Waals surface area (Å²) in [5.74, 6) is 0.652. The quantitative estimate of drug-likeness (QED) is 0.676. The highest BCUT2D eigenvalue weighted by molar-refractivity contribution is 7.10. The standard InChI is InChI=1S/C12H13N3O2S/c1-8-6-12(13-7-10(8)15(16)17)14-9(2)11-4-3-5-18-11/h3-7,9H,1-2H3,(H,13,14). The van der Waals surface area contributed by atoms with Crippen LogP contribution in [0.1, 0.15) is 23.4 Å². The number of aromatic nitrogens is 1. The fourth-order valence-corrected chi connectivity index (χ4v) is 2.38. The van der Waals surface area contributed by atoms with E-state index in [4.69, 9.17) is 0 Å². The largest absolute Gasteiger partial charge is 0.363 e. The fraction of sp³-hybridized carbons (Fsp3) is 0.250. The third-order valence-electron chi connectivity index (χ3n) is 2.61. The molecule has 94 valence electrons. The monoisotopic (exact) mass is 263 g/mol. The maximum Gasteiger partial charge on any atom is 0.290 e. The molecule has 1 N–H and O–H groups in total. The molecule has 6 heteroatoms. The number of anilines is 1. The molecule has 0 fully saturated rings. The van der Waals surface area contributed by atoms with E-state index in [1.54, 1.807) is 24.3 Å². The molecule has 0 bridgehead atoms. The van der Waals surface area contributed by atoms with Gasteiger partial charge in [0.05, 0.1) is 11.0 Å². The molecule has 0 saturated carbocycles. The Morgan fingerprint density at radius 2 is 2.33 bits per heavy atom. The molecule has 0 aliphatic carbocycles. The van der Waals surface area contributed by atoms with E-state index in [1.165, 1.54) is 11.1 Å². The molecule has 1 unspecified atom stereocenters. The summed E-state index contributed by atoms with van der Waals surface area (Å²) in [6, 6.07) is 5.87. The summed E-state index contributed by atoms with van der Waals surface area (Å²) in [5, 5.41) is 15.9. The maximum absolute atomic E-state index is 10.7. The average Bonchev–Trinajstić information content (AvgIpc) is 2.81. The summed E-state index contributed by atoms with van der Waals surface area (Å²) in [4.78, 5) is 15.5. The molecule has 0 saturated heterocycles. The summed E-state index contributed by atoms with van der Waals surface area (Å²) in [6.07, 6.45) is 1.29. The van der Waals surface area contributed by atoms with Crippen molar-refractivity contribution in [1.82, 2.24) is 4.98 Å². The third kappa shape index (κ3) is 2.65. The Balaban J connectivity index is 2.15. The lowest BCUT2D eigenvalue weighted by Gasteiger charge is -2.13. The van der Waals surface area contributed by atoms with E-state index >= 15 is 0 Å². The second-order valence-corrected chi connectivity index (χ2v) is 4.97. The number of nitrogens with one attached hydrogen (secondary N) is 1. The molecule has 0 aliphatic heterocycles. The number of nitro groups is 1. The number of pyridine rings is 1. The van der Waals surface area contributed by atoms with Gasteiger partial charge in [-0.3, -0.25) is 10.1 Å². The molecule has 0 aromatic carbocycles. The van der Waals surface area contributed by atoms with Crippen LogP contribution in [0.4, 0.5) is 11.5 Å². The Morgan fingerprint density at radius 1 is 1.56 bits per heavy atom. The maximum atomic E-state index is 10.7. The molecular weight excluding hydrogens is 250 g/mol. The first-order valence-electron chi connectivity index (χ1n) is 5.49. The van der Waals surface area contributed by atoms with E-state index in [-0.39, 0.29) is 11.7 Å². The predicted octanol–water partition coefficient (Wildman–Crippen LogP) is 3.53. The van der Waals surface area contributed by atoms with Gasteiger partial charge in [0.15, 0.2) is 0 Å². The molecule has 18 heavy (non-hydrogen) atoms. The van der Waals surface area contributed by atoms with Crippen molar-refractivity contribution in [2.75, 3.05) is 5.32 Å². The number of hydrogen-bond donors (Lipinski definition) is 1. The van der Waals surface area contributed by atoms with Crippen molar-refractivity contribution in [2.24, 2.45) is 0 Å². The molecule has 2 rings (SSSR count). The number of thiophene rings is 1. The molecule has 1 atom stereocenters. The second kappa shape index (κ2) is 5.14. The minimum Gasteiger partial charge on any atom is -0.363 e. The van der Waals surface area contributed by atoms with Crippen LogP contribution < -0.4 is 5.32 Å². The van der Waals surface area contributed by atoms with E-state index < -0.39 is 4.92 Å². The Labute approximate surface area is 109 Å². The lowest BCUT2D eigenvalue weighted by atomic mass is 10.2. The molecule has 0 spiro atoms. The SMILES string of the molecule is Cc1cc(NC(C)c2cccs2)ncc1[N+](=O)[O-]. The van der Waals surface area contributed by atoms with Gasteiger partial charge in [0.25, 0.3) is 5.69 Å². The topological polar surface area (TPSA) is 68.1 Å². The van der Waals surface area contributed by atoms with E-state index in [1.807, 2.05) is 24.4 Å². The molecule has 2 aromatic rings. The zero-order chi connectivity index (χ0) is 13.1. The van der Waals surface area contributed by atoms with Gasteiger partial charge in [-0.25, -0.2) is 4.98 Å². The van der Waals surface area contributed by atoms with Crippen LogP contribution in [0.2, 0.25) is 0 Å². The van der Waals surface area contributed by atoms with Crippen molar-refractivity contribution in [1.29, 1.82) is 0 Å². The van der Waals surface area contributed by atoms with E-state index in [0.717, 1.165) is 0 Å². The number of nitrogens with zero attached hydrogens (tertiary/aromatic N) is 2. The van der Waals surface area contributed by atoms with Gasteiger partial charge in [-0.2, -0.15) is 0 Å². The molecule has 2 heterocycles. The Morgan fingerprint density at radius 3 is 2.89 bits per heavy atom. The highest BCUT2D eigenvalue weighted by Gasteiger charge is 2.13. The van der Waals surface area contributed by atoms with Crippen molar-refractivity contribution < 1.29 is 4.92 Å². The first-order valence-corrected chi connectivity index (χ1v) is 6.37. The lowest BCUT2D eigenvalue weighted by molar-refractivity contribution is -0.385. The van der Waals surface area contributed by atoms with Gasteiger partial charge in [0.1, 0.15) is 12.0 Å². The molecule has 0 radical (unpaired) electrons. The minimum atomic E-state index is -0.422. The third-order valence-corrected chi connectivity index (χ3v) is 3.67. The van der Waals surface area contributed by atoms with Gasteiger partial charge < -0.3 is 5.32 Å². The Hall–Kier alpha value is -1.95. The van der Waals surface area contributed by atoms with E-state index in [0.29, 0.717) is 11.4 Å². The van der Waals surface area contributed by atoms with Gasteiger partial charge in [-0.15, -0.1) is 11.3 Å². The molecule has 5 nitrogen and oxygen atoms in total. The zero-order valence-electron chi connectivity index (χ0n) is 10.1. The average molecular weight is 263 g/mol. The number of aryl methyl sites for hydroxylation is 1. The van der Waals surface area contributed by atoms with Gasteiger partial charge in [0, 0.05) is 10.4 Å². The fourth-order valence-electron chi connectivity index (χ4n) is 1.65. The van der Waals surface area contributed by atoms with Crippen LogP contribution in [0, 0.1) is 17.0 Å². The minimum absolute atomic E-state index is 0.0457. The van der Waals surface area contributed by atoms with Gasteiger partial charge >= 0.3 is 0 Å². The number of hydrogen-bond acceptors (Lipinski definition) is 5. The van der Waals surface area contributed by atoms with Crippen LogP contribution in [0.15, 0.2) is 29.8 Å². The van der Waals surface area contributed by atoms with Crippen molar-refractivity contribution in [2.45, 2.75) is 19.9 Å². The van der Waals surface area contributed by atoms with Crippen LogP contribution in [-0.4, -0.2) is 9.91 Å². The van der Waals surface area contributed by atoms with E-state index in [9.17, 15) is 10.1 Å². The van der Waals surface area contributed by atoms with Crippen LogP contribution in [0.25, 0.3) is 0 Å². The first-order chi connectivity index (χ1) is 8.58. The lowest BCUT2D eigenvalue weighted by Crippen LogP contribution is -2.07. The Bertz CT molecular complexity index is 554. The summed E-state index contributed by atoms with van der Waals surface area (Å²) < 4.78 is 0. The van der Waals surface area contributed by atoms with Crippen LogP contribution >= 0.6 is 11.3 Å². The Kier molecular flexibility index (Phi) is 3.57. The number of rotatable bonds is 4.